The molecule has 0 fully saturated rings. The molecule has 0 N–H and O–H groups in total. The molecule has 0 saturated carbocycles. The number of carbonyl (C=O) groups excluding carboxylic acids is 2. The second-order valence-electron chi connectivity index (χ2n) is 5.78. The van der Waals surface area contributed by atoms with Crippen molar-refractivity contribution >= 4 is 11.9 Å². The Morgan fingerprint density at radius 1 is 1.20 bits per heavy atom. The van der Waals surface area contributed by atoms with E-state index in [1.165, 1.54) is 0 Å². The van der Waals surface area contributed by atoms with E-state index in [2.05, 4.69) is 0 Å². The summed E-state index contributed by atoms with van der Waals surface area (Å²) in [6, 6.07) is 0. The molecule has 0 spiro atoms. The molecular formula is C16H26O4. The molecular weight excluding hydrogens is 256 g/mol. The van der Waals surface area contributed by atoms with Crippen molar-refractivity contribution < 1.29 is 19.1 Å². The molecule has 0 aliphatic rings. The molecule has 114 valence electrons. The Kier molecular flexibility index (Phi) is 7.25. The highest BCUT2D eigenvalue weighted by atomic mass is 16.6. The van der Waals surface area contributed by atoms with Gasteiger partial charge in [0.1, 0.15) is 5.60 Å². The third-order valence-corrected chi connectivity index (χ3v) is 2.33. The largest absolute Gasteiger partial charge is 0.463 e. The molecule has 0 saturated heterocycles. The van der Waals surface area contributed by atoms with Crippen LogP contribution in [-0.2, 0) is 19.1 Å². The maximum absolute atomic E-state index is 11.8. The Balaban J connectivity index is 4.76. The van der Waals surface area contributed by atoms with Crippen molar-refractivity contribution in [3.8, 4) is 0 Å². The molecule has 4 nitrogen and oxygen atoms in total. The maximum Gasteiger partial charge on any atom is 0.333 e. The minimum Gasteiger partial charge on any atom is -0.463 e. The Bertz CT molecular complexity index is 411. The number of hydrogen-bond donors (Lipinski definition) is 0. The molecule has 0 aliphatic heterocycles. The van der Waals surface area contributed by atoms with Gasteiger partial charge in [-0.15, -0.1) is 0 Å². The number of esters is 2. The number of carbonyl (C=O) groups is 2. The average Bonchev–Trinajstić information content (AvgIpc) is 2.26. The summed E-state index contributed by atoms with van der Waals surface area (Å²) in [5, 5.41) is 0. The van der Waals surface area contributed by atoms with E-state index >= 15 is 0 Å². The molecule has 20 heavy (non-hydrogen) atoms. The lowest BCUT2D eigenvalue weighted by molar-refractivity contribution is -0.157. The van der Waals surface area contributed by atoms with E-state index in [9.17, 15) is 9.59 Å². The molecule has 0 amide bonds. The highest BCUT2D eigenvalue weighted by Crippen LogP contribution is 2.14. The minimum atomic E-state index is -0.496. The molecule has 4 heteroatoms. The number of hydrogen-bond acceptors (Lipinski definition) is 4. The predicted molar refractivity (Wildman–Crippen MR) is 79.2 cm³/mol. The van der Waals surface area contributed by atoms with Gasteiger partial charge in [-0.1, -0.05) is 11.6 Å². The summed E-state index contributed by atoms with van der Waals surface area (Å²) in [5.74, 6) is -0.982. The van der Waals surface area contributed by atoms with Crippen molar-refractivity contribution in [3.05, 3.63) is 23.3 Å². The summed E-state index contributed by atoms with van der Waals surface area (Å²) in [6.07, 6.45) is 3.48. The van der Waals surface area contributed by atoms with Crippen LogP contribution >= 0.6 is 0 Å². The molecule has 0 heterocycles. The Hall–Kier alpha value is -1.58. The van der Waals surface area contributed by atoms with E-state index in [4.69, 9.17) is 9.47 Å². The van der Waals surface area contributed by atoms with Crippen LogP contribution in [0.2, 0.25) is 0 Å². The van der Waals surface area contributed by atoms with Crippen LogP contribution in [0, 0.1) is 5.92 Å². The van der Waals surface area contributed by atoms with Gasteiger partial charge in [-0.3, -0.25) is 4.79 Å². The van der Waals surface area contributed by atoms with Crippen LogP contribution in [0.1, 0.15) is 48.5 Å². The van der Waals surface area contributed by atoms with Crippen LogP contribution in [-0.4, -0.2) is 24.1 Å². The quantitative estimate of drug-likeness (QED) is 0.440. The first-order valence-corrected chi connectivity index (χ1v) is 6.83. The molecule has 0 aliphatic carbocycles. The fraction of sp³-hybridized carbons (Fsp3) is 0.625. The van der Waals surface area contributed by atoms with Crippen molar-refractivity contribution in [2.75, 3.05) is 6.61 Å². The molecule has 0 aromatic rings. The van der Waals surface area contributed by atoms with Gasteiger partial charge in [0.05, 0.1) is 12.5 Å². The number of ether oxygens (including phenoxy) is 2. The average molecular weight is 282 g/mol. The van der Waals surface area contributed by atoms with Crippen LogP contribution in [0.3, 0.4) is 0 Å². The van der Waals surface area contributed by atoms with Gasteiger partial charge >= 0.3 is 11.9 Å². The molecule has 1 unspecified atom stereocenters. The normalized spacial score (nSPS) is 14.8. The first kappa shape index (κ1) is 18.4. The molecule has 0 aromatic heterocycles. The topological polar surface area (TPSA) is 52.6 Å². The second kappa shape index (κ2) is 7.88. The summed E-state index contributed by atoms with van der Waals surface area (Å²) in [5.41, 5.74) is 0.843. The van der Waals surface area contributed by atoms with E-state index in [-0.39, 0.29) is 17.9 Å². The van der Waals surface area contributed by atoms with Crippen LogP contribution < -0.4 is 0 Å². The highest BCUT2D eigenvalue weighted by molar-refractivity contribution is 5.88. The highest BCUT2D eigenvalue weighted by Gasteiger charge is 2.20. The summed E-state index contributed by atoms with van der Waals surface area (Å²) in [4.78, 5) is 23.3. The molecule has 0 radical (unpaired) electrons. The van der Waals surface area contributed by atoms with Crippen molar-refractivity contribution in [3.63, 3.8) is 0 Å². The monoisotopic (exact) mass is 282 g/mol. The van der Waals surface area contributed by atoms with E-state index in [0.717, 1.165) is 5.57 Å². The van der Waals surface area contributed by atoms with Gasteiger partial charge in [0.25, 0.3) is 0 Å². The van der Waals surface area contributed by atoms with E-state index in [1.807, 2.05) is 27.7 Å². The van der Waals surface area contributed by atoms with Gasteiger partial charge in [0, 0.05) is 5.57 Å². The molecule has 1 atom stereocenters. The molecule has 0 rings (SSSR count). The van der Waals surface area contributed by atoms with Crippen LogP contribution in [0.25, 0.3) is 0 Å². The van der Waals surface area contributed by atoms with Crippen molar-refractivity contribution in [2.45, 2.75) is 54.1 Å². The van der Waals surface area contributed by atoms with E-state index in [0.29, 0.717) is 12.2 Å². The predicted octanol–water partition coefficient (Wildman–Crippen LogP) is 3.42. The summed E-state index contributed by atoms with van der Waals surface area (Å²) >= 11 is 0. The fourth-order valence-electron chi connectivity index (χ4n) is 1.55. The maximum atomic E-state index is 11.8. The van der Waals surface area contributed by atoms with Crippen molar-refractivity contribution in [1.29, 1.82) is 0 Å². The van der Waals surface area contributed by atoms with Gasteiger partial charge in [0.15, 0.2) is 0 Å². The third kappa shape index (κ3) is 7.77. The van der Waals surface area contributed by atoms with Crippen molar-refractivity contribution in [1.82, 2.24) is 0 Å². The third-order valence-electron chi connectivity index (χ3n) is 2.33. The SMILES string of the molecule is CCOC(=O)C(C)=CC(C)=CC(C)C(=O)OC(C)(C)C. The van der Waals surface area contributed by atoms with Gasteiger partial charge in [-0.05, 0) is 54.5 Å². The van der Waals surface area contributed by atoms with E-state index in [1.54, 1.807) is 32.9 Å². The van der Waals surface area contributed by atoms with Gasteiger partial charge in [-0.2, -0.15) is 0 Å². The first-order chi connectivity index (χ1) is 9.06. The standard InChI is InChI=1S/C16H26O4/c1-8-19-14(17)12(3)9-11(2)10-13(4)15(18)20-16(5,6)7/h9-10,13H,8H2,1-7H3. The zero-order chi connectivity index (χ0) is 15.9. The number of rotatable bonds is 5. The van der Waals surface area contributed by atoms with Crippen LogP contribution in [0.15, 0.2) is 23.3 Å². The van der Waals surface area contributed by atoms with Crippen LogP contribution in [0.5, 0.6) is 0 Å². The summed E-state index contributed by atoms with van der Waals surface area (Å²) in [7, 11) is 0. The zero-order valence-corrected chi connectivity index (χ0v) is 13.6. The van der Waals surface area contributed by atoms with Gasteiger partial charge in [-0.25, -0.2) is 4.79 Å². The molecule has 0 aromatic carbocycles. The Morgan fingerprint density at radius 3 is 2.20 bits per heavy atom. The second-order valence-corrected chi connectivity index (χ2v) is 5.78. The van der Waals surface area contributed by atoms with Crippen molar-refractivity contribution in [2.24, 2.45) is 5.92 Å². The lowest BCUT2D eigenvalue weighted by Crippen LogP contribution is -2.27. The lowest BCUT2D eigenvalue weighted by Gasteiger charge is -2.21. The van der Waals surface area contributed by atoms with Gasteiger partial charge < -0.3 is 9.47 Å². The lowest BCUT2D eigenvalue weighted by atomic mass is 10.1. The smallest absolute Gasteiger partial charge is 0.333 e. The number of allylic oxidation sites excluding steroid dienone is 2. The Morgan fingerprint density at radius 2 is 1.75 bits per heavy atom. The van der Waals surface area contributed by atoms with Gasteiger partial charge in [0.2, 0.25) is 0 Å². The Labute approximate surface area is 121 Å². The summed E-state index contributed by atoms with van der Waals surface area (Å²) in [6.45, 7) is 12.9. The minimum absolute atomic E-state index is 0.279. The fourth-order valence-corrected chi connectivity index (χ4v) is 1.55. The molecule has 0 bridgehead atoms. The van der Waals surface area contributed by atoms with Crippen LogP contribution in [0.4, 0.5) is 0 Å². The summed E-state index contributed by atoms with van der Waals surface area (Å²) < 4.78 is 10.2. The van der Waals surface area contributed by atoms with E-state index < -0.39 is 5.60 Å². The zero-order valence-electron chi connectivity index (χ0n) is 13.6. The first-order valence-electron chi connectivity index (χ1n) is 6.83.